The molecule has 2 aromatic rings. The summed E-state index contributed by atoms with van der Waals surface area (Å²) >= 11 is 0. The smallest absolute Gasteiger partial charge is 0.261 e. The van der Waals surface area contributed by atoms with Crippen LogP contribution in [0.15, 0.2) is 17.1 Å². The van der Waals surface area contributed by atoms with Crippen molar-refractivity contribution in [3.8, 4) is 11.8 Å². The molecule has 128 valence electrons. The molecule has 24 heavy (non-hydrogen) atoms. The third kappa shape index (κ3) is 2.28. The lowest BCUT2D eigenvalue weighted by Crippen LogP contribution is -2.47. The van der Waals surface area contributed by atoms with Crippen LogP contribution >= 0.6 is 0 Å². The SMILES string of the molecule is CC#CC1(O)[C@@H](O)[C@@H]([C@@H](C)O)O[C@H]1n1ccc2c(=O)[nH]c(N)nc21. The minimum absolute atomic E-state index is 0.0943. The van der Waals surface area contributed by atoms with Gasteiger partial charge in [0.05, 0.1) is 11.5 Å². The molecule has 0 amide bonds. The van der Waals surface area contributed by atoms with E-state index in [2.05, 4.69) is 21.8 Å². The molecular formula is C15H18N4O5. The van der Waals surface area contributed by atoms with Crippen molar-refractivity contribution in [3.63, 3.8) is 0 Å². The Morgan fingerprint density at radius 2 is 2.29 bits per heavy atom. The second-order valence-corrected chi connectivity index (χ2v) is 5.75. The van der Waals surface area contributed by atoms with Gasteiger partial charge in [-0.2, -0.15) is 4.98 Å². The van der Waals surface area contributed by atoms with Crippen LogP contribution < -0.4 is 11.3 Å². The molecule has 0 saturated carbocycles. The summed E-state index contributed by atoms with van der Waals surface area (Å²) in [5, 5.41) is 31.3. The molecule has 1 unspecified atom stereocenters. The Kier molecular flexibility index (Phi) is 3.85. The Balaban J connectivity index is 2.20. The number of nitrogens with two attached hydrogens (primary N) is 1. The molecule has 1 aliphatic heterocycles. The molecule has 6 N–H and O–H groups in total. The summed E-state index contributed by atoms with van der Waals surface area (Å²) in [4.78, 5) is 18.4. The average Bonchev–Trinajstić information content (AvgIpc) is 3.00. The number of nitrogens with one attached hydrogen (secondary N) is 1. The molecule has 1 fully saturated rings. The molecule has 9 nitrogen and oxygen atoms in total. The second-order valence-electron chi connectivity index (χ2n) is 5.75. The fourth-order valence-electron chi connectivity index (χ4n) is 2.96. The first-order chi connectivity index (χ1) is 11.3. The van der Waals surface area contributed by atoms with E-state index in [-0.39, 0.29) is 17.0 Å². The van der Waals surface area contributed by atoms with Gasteiger partial charge in [0.15, 0.2) is 17.5 Å². The van der Waals surface area contributed by atoms with Crippen molar-refractivity contribution < 1.29 is 20.1 Å². The summed E-state index contributed by atoms with van der Waals surface area (Å²) in [5.74, 6) is 5.00. The van der Waals surface area contributed by atoms with E-state index in [1.165, 1.54) is 30.7 Å². The number of H-pyrrole nitrogens is 1. The number of anilines is 1. The average molecular weight is 334 g/mol. The minimum atomic E-state index is -1.98. The highest BCUT2D eigenvalue weighted by Crippen LogP contribution is 2.40. The predicted octanol–water partition coefficient (Wildman–Crippen LogP) is -1.30. The van der Waals surface area contributed by atoms with Crippen LogP contribution in [0.1, 0.15) is 20.1 Å². The first-order valence-electron chi connectivity index (χ1n) is 7.33. The van der Waals surface area contributed by atoms with Crippen molar-refractivity contribution in [2.75, 3.05) is 5.73 Å². The molecule has 3 rings (SSSR count). The van der Waals surface area contributed by atoms with Crippen LogP contribution in [-0.4, -0.2) is 53.8 Å². The van der Waals surface area contributed by atoms with E-state index in [9.17, 15) is 20.1 Å². The highest BCUT2D eigenvalue weighted by molar-refractivity contribution is 5.76. The minimum Gasteiger partial charge on any atom is -0.391 e. The van der Waals surface area contributed by atoms with E-state index in [0.29, 0.717) is 0 Å². The number of aromatic nitrogens is 3. The molecule has 1 aliphatic rings. The van der Waals surface area contributed by atoms with Gasteiger partial charge in [-0.3, -0.25) is 9.78 Å². The fourth-order valence-corrected chi connectivity index (χ4v) is 2.96. The maximum absolute atomic E-state index is 11.9. The normalized spacial score (nSPS) is 31.0. The van der Waals surface area contributed by atoms with E-state index >= 15 is 0 Å². The zero-order chi connectivity index (χ0) is 17.6. The monoisotopic (exact) mass is 334 g/mol. The van der Waals surface area contributed by atoms with Crippen molar-refractivity contribution in [3.05, 3.63) is 22.6 Å². The van der Waals surface area contributed by atoms with Gasteiger partial charge in [-0.1, -0.05) is 5.92 Å². The number of nitrogen functional groups attached to an aromatic ring is 1. The van der Waals surface area contributed by atoms with Crippen LogP contribution in [0.5, 0.6) is 0 Å². The van der Waals surface area contributed by atoms with Gasteiger partial charge < -0.3 is 30.4 Å². The number of ether oxygens (including phenoxy) is 1. The van der Waals surface area contributed by atoms with Gasteiger partial charge in [0.2, 0.25) is 5.95 Å². The summed E-state index contributed by atoms with van der Waals surface area (Å²) < 4.78 is 7.02. The number of hydrogen-bond donors (Lipinski definition) is 5. The number of aliphatic hydroxyl groups is 3. The molecule has 5 atom stereocenters. The molecule has 0 bridgehead atoms. The summed E-state index contributed by atoms with van der Waals surface area (Å²) in [6, 6.07) is 1.49. The van der Waals surface area contributed by atoms with E-state index in [4.69, 9.17) is 10.5 Å². The van der Waals surface area contributed by atoms with Crippen LogP contribution in [0, 0.1) is 11.8 Å². The zero-order valence-electron chi connectivity index (χ0n) is 13.1. The molecule has 2 aromatic heterocycles. The lowest BCUT2D eigenvalue weighted by molar-refractivity contribution is -0.0845. The van der Waals surface area contributed by atoms with Gasteiger partial charge in [-0.05, 0) is 19.9 Å². The maximum Gasteiger partial charge on any atom is 0.261 e. The quantitative estimate of drug-likeness (QED) is 0.429. The third-order valence-corrected chi connectivity index (χ3v) is 4.08. The van der Waals surface area contributed by atoms with Gasteiger partial charge in [0.25, 0.3) is 5.56 Å². The summed E-state index contributed by atoms with van der Waals surface area (Å²) in [6.45, 7) is 2.94. The predicted molar refractivity (Wildman–Crippen MR) is 84.8 cm³/mol. The molecule has 0 aromatic carbocycles. The van der Waals surface area contributed by atoms with Crippen molar-refractivity contribution in [1.29, 1.82) is 0 Å². The molecule has 0 radical (unpaired) electrons. The Hall–Kier alpha value is -2.38. The van der Waals surface area contributed by atoms with E-state index in [0.717, 1.165) is 0 Å². The van der Waals surface area contributed by atoms with Gasteiger partial charge in [-0.25, -0.2) is 0 Å². The topological polar surface area (TPSA) is 147 Å². The Labute approximate surface area is 136 Å². The fraction of sp³-hybridized carbons (Fsp3) is 0.467. The Morgan fingerprint density at radius 1 is 1.58 bits per heavy atom. The van der Waals surface area contributed by atoms with E-state index in [1.807, 2.05) is 0 Å². The highest BCUT2D eigenvalue weighted by atomic mass is 16.6. The summed E-state index contributed by atoms with van der Waals surface area (Å²) in [7, 11) is 0. The lowest BCUT2D eigenvalue weighted by atomic mass is 9.93. The lowest BCUT2D eigenvalue weighted by Gasteiger charge is -2.26. The number of aromatic amines is 1. The number of aliphatic hydroxyl groups excluding tert-OH is 2. The number of nitrogens with zero attached hydrogens (tertiary/aromatic N) is 2. The first-order valence-corrected chi connectivity index (χ1v) is 7.33. The van der Waals surface area contributed by atoms with Crippen molar-refractivity contribution in [2.45, 2.75) is 44.0 Å². The molecule has 0 spiro atoms. The van der Waals surface area contributed by atoms with Gasteiger partial charge >= 0.3 is 0 Å². The van der Waals surface area contributed by atoms with E-state index in [1.54, 1.807) is 0 Å². The van der Waals surface area contributed by atoms with Gasteiger partial charge in [0, 0.05) is 6.20 Å². The number of fused-ring (bicyclic) bond motifs is 1. The summed E-state index contributed by atoms with van der Waals surface area (Å²) in [6.07, 6.45) is -3.25. The largest absolute Gasteiger partial charge is 0.391 e. The molecule has 9 heteroatoms. The highest BCUT2D eigenvalue weighted by Gasteiger charge is 2.57. The number of hydrogen-bond acceptors (Lipinski definition) is 7. The second kappa shape index (κ2) is 5.61. The van der Waals surface area contributed by atoms with Crippen molar-refractivity contribution >= 4 is 17.0 Å². The van der Waals surface area contributed by atoms with Gasteiger partial charge in [-0.15, -0.1) is 5.92 Å². The van der Waals surface area contributed by atoms with E-state index < -0.39 is 35.7 Å². The molecule has 0 aliphatic carbocycles. The number of rotatable bonds is 2. The van der Waals surface area contributed by atoms with Crippen LogP contribution in [0.2, 0.25) is 0 Å². The molecule has 1 saturated heterocycles. The Morgan fingerprint density at radius 3 is 2.92 bits per heavy atom. The molecular weight excluding hydrogens is 316 g/mol. The Bertz CT molecular complexity index is 893. The van der Waals surface area contributed by atoms with Crippen molar-refractivity contribution in [2.24, 2.45) is 0 Å². The zero-order valence-corrected chi connectivity index (χ0v) is 13.1. The van der Waals surface area contributed by atoms with Gasteiger partial charge in [0.1, 0.15) is 12.2 Å². The molecule has 3 heterocycles. The first kappa shape index (κ1) is 16.5. The van der Waals surface area contributed by atoms with Crippen LogP contribution in [0.3, 0.4) is 0 Å². The third-order valence-electron chi connectivity index (χ3n) is 4.08. The van der Waals surface area contributed by atoms with Crippen LogP contribution in [0.25, 0.3) is 11.0 Å². The van der Waals surface area contributed by atoms with Crippen LogP contribution in [0.4, 0.5) is 5.95 Å². The maximum atomic E-state index is 11.9. The standard InChI is InChI=1S/C15H18N4O5/c1-3-5-15(23)10(21)9(7(2)20)24-13(15)19-6-4-8-11(19)17-14(16)18-12(8)22/h4,6-7,9-10,13,20-21,23H,1-2H3,(H3,16,17,18,22)/t7-,9-,10+,13-,15?/m1/s1. The van der Waals surface area contributed by atoms with Crippen LogP contribution in [-0.2, 0) is 4.74 Å². The summed E-state index contributed by atoms with van der Waals surface area (Å²) in [5.41, 5.74) is 3.33. The van der Waals surface area contributed by atoms with Crippen molar-refractivity contribution in [1.82, 2.24) is 14.5 Å².